The van der Waals surface area contributed by atoms with E-state index in [-0.39, 0.29) is 5.82 Å². The predicted molar refractivity (Wildman–Crippen MR) is 75.9 cm³/mol. The summed E-state index contributed by atoms with van der Waals surface area (Å²) >= 11 is 1.48. The summed E-state index contributed by atoms with van der Waals surface area (Å²) < 4.78 is 14.6. The van der Waals surface area contributed by atoms with Crippen LogP contribution >= 0.6 is 11.8 Å². The summed E-state index contributed by atoms with van der Waals surface area (Å²) in [6.45, 7) is 1.86. The van der Waals surface area contributed by atoms with E-state index in [1.807, 2.05) is 13.0 Å². The summed E-state index contributed by atoms with van der Waals surface area (Å²) in [7, 11) is 0. The fourth-order valence-electron chi connectivity index (χ4n) is 1.86. The zero-order valence-electron chi connectivity index (χ0n) is 10.7. The van der Waals surface area contributed by atoms with E-state index in [0.29, 0.717) is 22.5 Å². The fourth-order valence-corrected chi connectivity index (χ4v) is 2.76. The van der Waals surface area contributed by atoms with Gasteiger partial charge in [0.2, 0.25) is 5.95 Å². The molecule has 0 aliphatic heterocycles. The number of aryl methyl sites for hydroxylation is 1. The van der Waals surface area contributed by atoms with Crippen LogP contribution in [-0.2, 0) is 5.75 Å². The first kappa shape index (κ1) is 12.9. The van der Waals surface area contributed by atoms with E-state index < -0.39 is 0 Å². The molecular weight excluding hydrogens is 277 g/mol. The highest BCUT2D eigenvalue weighted by molar-refractivity contribution is 7.98. The molecule has 0 spiro atoms. The number of halogens is 1. The summed E-state index contributed by atoms with van der Waals surface area (Å²) in [5, 5.41) is 8.87. The molecule has 1 aromatic carbocycles. The third-order valence-corrected chi connectivity index (χ3v) is 3.80. The van der Waals surface area contributed by atoms with Crippen molar-refractivity contribution in [3.8, 4) is 0 Å². The average Bonchev–Trinajstić information content (AvgIpc) is 2.81. The number of nitrogen functional groups attached to an aromatic ring is 1. The van der Waals surface area contributed by atoms with E-state index >= 15 is 0 Å². The van der Waals surface area contributed by atoms with E-state index in [1.165, 1.54) is 23.9 Å². The van der Waals surface area contributed by atoms with Crippen molar-refractivity contribution in [2.75, 3.05) is 5.73 Å². The van der Waals surface area contributed by atoms with Crippen LogP contribution in [0.15, 0.2) is 35.5 Å². The van der Waals surface area contributed by atoms with Crippen LogP contribution in [0.2, 0.25) is 0 Å². The van der Waals surface area contributed by atoms with Gasteiger partial charge in [0.25, 0.3) is 0 Å². The largest absolute Gasteiger partial charge is 0.369 e. The Bertz CT molecular complexity index is 753. The Labute approximate surface area is 119 Å². The molecule has 5 nitrogen and oxygen atoms in total. The van der Waals surface area contributed by atoms with Crippen LogP contribution in [0.1, 0.15) is 11.3 Å². The zero-order chi connectivity index (χ0) is 14.1. The molecule has 0 saturated carbocycles. The maximum absolute atomic E-state index is 12.8. The number of anilines is 1. The standard InChI is InChI=1S/C13H12FN5S/c1-8-6-11-17-18-13(19(11)12(15)16-8)20-7-9-2-4-10(14)5-3-9/h2-6H,7H2,1H3,(H2,15,16). The first-order valence-corrected chi connectivity index (χ1v) is 6.97. The van der Waals surface area contributed by atoms with Gasteiger partial charge in [-0.05, 0) is 24.6 Å². The predicted octanol–water partition coefficient (Wildman–Crippen LogP) is 2.45. The van der Waals surface area contributed by atoms with Crippen molar-refractivity contribution >= 4 is 23.4 Å². The molecule has 0 saturated heterocycles. The molecular formula is C13H12FN5S. The van der Waals surface area contributed by atoms with Crippen LogP contribution < -0.4 is 5.73 Å². The van der Waals surface area contributed by atoms with Gasteiger partial charge in [0.05, 0.1) is 0 Å². The van der Waals surface area contributed by atoms with Gasteiger partial charge < -0.3 is 5.73 Å². The molecule has 2 heterocycles. The van der Waals surface area contributed by atoms with Crippen molar-refractivity contribution in [2.24, 2.45) is 0 Å². The number of benzene rings is 1. The highest BCUT2D eigenvalue weighted by atomic mass is 32.2. The summed E-state index contributed by atoms with van der Waals surface area (Å²) in [4.78, 5) is 4.20. The lowest BCUT2D eigenvalue weighted by Crippen LogP contribution is -2.02. The smallest absolute Gasteiger partial charge is 0.208 e. The van der Waals surface area contributed by atoms with Crippen LogP contribution in [0.25, 0.3) is 5.65 Å². The molecule has 2 aromatic heterocycles. The highest BCUT2D eigenvalue weighted by Crippen LogP contribution is 2.23. The van der Waals surface area contributed by atoms with E-state index in [1.54, 1.807) is 16.5 Å². The second-order valence-electron chi connectivity index (χ2n) is 4.35. The maximum Gasteiger partial charge on any atom is 0.208 e. The van der Waals surface area contributed by atoms with Crippen molar-refractivity contribution in [3.63, 3.8) is 0 Å². The van der Waals surface area contributed by atoms with Gasteiger partial charge in [0, 0.05) is 17.5 Å². The number of fused-ring (bicyclic) bond motifs is 1. The number of nitrogens with two attached hydrogens (primary N) is 1. The summed E-state index contributed by atoms with van der Waals surface area (Å²) in [6, 6.07) is 8.20. The molecule has 2 N–H and O–H groups in total. The summed E-state index contributed by atoms with van der Waals surface area (Å²) in [5.41, 5.74) is 8.39. The Morgan fingerprint density at radius 1 is 1.25 bits per heavy atom. The minimum atomic E-state index is -0.240. The summed E-state index contributed by atoms with van der Waals surface area (Å²) in [5.74, 6) is 0.788. The average molecular weight is 289 g/mol. The number of rotatable bonds is 3. The van der Waals surface area contributed by atoms with Crippen molar-refractivity contribution in [3.05, 3.63) is 47.4 Å². The van der Waals surface area contributed by atoms with Crippen LogP contribution in [0.3, 0.4) is 0 Å². The van der Waals surface area contributed by atoms with Gasteiger partial charge in [0.15, 0.2) is 10.8 Å². The topological polar surface area (TPSA) is 69.1 Å². The van der Waals surface area contributed by atoms with Crippen molar-refractivity contribution in [2.45, 2.75) is 17.8 Å². The van der Waals surface area contributed by atoms with Gasteiger partial charge in [-0.15, -0.1) is 10.2 Å². The highest BCUT2D eigenvalue weighted by Gasteiger charge is 2.10. The quantitative estimate of drug-likeness (QED) is 0.750. The van der Waals surface area contributed by atoms with Gasteiger partial charge >= 0.3 is 0 Å². The van der Waals surface area contributed by atoms with Crippen LogP contribution in [0.4, 0.5) is 10.3 Å². The van der Waals surface area contributed by atoms with Gasteiger partial charge in [0.1, 0.15) is 5.82 Å². The van der Waals surface area contributed by atoms with Crippen LogP contribution in [0.5, 0.6) is 0 Å². The summed E-state index contributed by atoms with van der Waals surface area (Å²) in [6.07, 6.45) is 0. The lowest BCUT2D eigenvalue weighted by Gasteiger charge is -2.03. The molecule has 3 aromatic rings. The van der Waals surface area contributed by atoms with E-state index in [4.69, 9.17) is 5.73 Å². The molecule has 102 valence electrons. The lowest BCUT2D eigenvalue weighted by atomic mass is 10.2. The Kier molecular flexibility index (Phi) is 3.27. The fraction of sp³-hybridized carbons (Fsp3) is 0.154. The number of hydrogen-bond donors (Lipinski definition) is 1. The minimum absolute atomic E-state index is 0.240. The molecule has 0 unspecified atom stereocenters. The molecule has 0 atom stereocenters. The van der Waals surface area contributed by atoms with E-state index in [9.17, 15) is 4.39 Å². The number of nitrogens with zero attached hydrogens (tertiary/aromatic N) is 4. The Hall–Kier alpha value is -2.15. The molecule has 0 amide bonds. The number of aromatic nitrogens is 4. The van der Waals surface area contributed by atoms with Gasteiger partial charge in [-0.2, -0.15) is 0 Å². The molecule has 0 fully saturated rings. The first-order valence-electron chi connectivity index (χ1n) is 5.99. The molecule has 7 heteroatoms. The molecule has 0 aliphatic rings. The van der Waals surface area contributed by atoms with E-state index in [0.717, 1.165) is 11.3 Å². The Morgan fingerprint density at radius 3 is 2.75 bits per heavy atom. The molecule has 0 aliphatic carbocycles. The normalized spacial score (nSPS) is 11.1. The first-order chi connectivity index (χ1) is 9.63. The van der Waals surface area contributed by atoms with Gasteiger partial charge in [-0.25, -0.2) is 13.8 Å². The Balaban J connectivity index is 1.86. The molecule has 0 bridgehead atoms. The monoisotopic (exact) mass is 289 g/mol. The number of hydrogen-bond acceptors (Lipinski definition) is 5. The SMILES string of the molecule is Cc1cc2nnc(SCc3ccc(F)cc3)n2c(N)n1. The third-order valence-electron chi connectivity index (χ3n) is 2.80. The van der Waals surface area contributed by atoms with Crippen molar-refractivity contribution in [1.29, 1.82) is 0 Å². The second-order valence-corrected chi connectivity index (χ2v) is 5.29. The number of thioether (sulfide) groups is 1. The van der Waals surface area contributed by atoms with Crippen molar-refractivity contribution < 1.29 is 4.39 Å². The van der Waals surface area contributed by atoms with Gasteiger partial charge in [-0.1, -0.05) is 23.9 Å². The van der Waals surface area contributed by atoms with Crippen LogP contribution in [0, 0.1) is 12.7 Å². The lowest BCUT2D eigenvalue weighted by molar-refractivity contribution is 0.627. The molecule has 0 radical (unpaired) electrons. The third kappa shape index (κ3) is 2.44. The Morgan fingerprint density at radius 2 is 2.00 bits per heavy atom. The second kappa shape index (κ2) is 5.09. The molecule has 3 rings (SSSR count). The van der Waals surface area contributed by atoms with Crippen molar-refractivity contribution in [1.82, 2.24) is 19.6 Å². The molecule has 20 heavy (non-hydrogen) atoms. The van der Waals surface area contributed by atoms with E-state index in [2.05, 4.69) is 15.2 Å². The van der Waals surface area contributed by atoms with Gasteiger partial charge in [-0.3, -0.25) is 0 Å². The minimum Gasteiger partial charge on any atom is -0.369 e. The van der Waals surface area contributed by atoms with Crippen LogP contribution in [-0.4, -0.2) is 19.6 Å². The zero-order valence-corrected chi connectivity index (χ0v) is 11.6. The maximum atomic E-state index is 12.8.